The number of halogens is 3. The zero-order valence-electron chi connectivity index (χ0n) is 16.8. The van der Waals surface area contributed by atoms with Crippen molar-refractivity contribution in [1.82, 2.24) is 14.9 Å². The second-order valence-electron chi connectivity index (χ2n) is 6.58. The Bertz CT molecular complexity index is 890. The maximum absolute atomic E-state index is 6.04. The van der Waals surface area contributed by atoms with E-state index in [1.165, 1.54) is 0 Å². The van der Waals surface area contributed by atoms with Crippen LogP contribution in [0.4, 0.5) is 0 Å². The number of hydrogen-bond donors (Lipinski definition) is 1. The van der Waals surface area contributed by atoms with Crippen LogP contribution < -0.4 is 14.8 Å². The highest BCUT2D eigenvalue weighted by atomic mass is 79.9. The van der Waals surface area contributed by atoms with Crippen LogP contribution in [-0.2, 0) is 19.7 Å². The third-order valence-electron chi connectivity index (χ3n) is 4.32. The minimum absolute atomic E-state index is 0. The average Bonchev–Trinajstić information content (AvgIpc) is 3.22. The van der Waals surface area contributed by atoms with E-state index in [1.54, 1.807) is 6.20 Å². The molecular weight excluding hydrogens is 489 g/mol. The Morgan fingerprint density at radius 1 is 1.13 bits per heavy atom. The lowest BCUT2D eigenvalue weighted by molar-refractivity contribution is 0.267. The van der Waals surface area contributed by atoms with E-state index in [2.05, 4.69) is 36.9 Å². The van der Waals surface area contributed by atoms with Gasteiger partial charge in [0.2, 0.25) is 0 Å². The number of benzene rings is 2. The summed E-state index contributed by atoms with van der Waals surface area (Å²) in [5.41, 5.74) is 2.19. The summed E-state index contributed by atoms with van der Waals surface area (Å²) in [4.78, 5) is 4.06. The van der Waals surface area contributed by atoms with E-state index in [1.807, 2.05) is 49.8 Å². The van der Waals surface area contributed by atoms with Crippen LogP contribution in [-0.4, -0.2) is 22.7 Å². The van der Waals surface area contributed by atoms with E-state index >= 15 is 0 Å². The lowest BCUT2D eigenvalue weighted by atomic mass is 10.2. The first-order valence-electron chi connectivity index (χ1n) is 9.64. The van der Waals surface area contributed by atoms with Crippen molar-refractivity contribution < 1.29 is 9.47 Å². The molecule has 1 aromatic heterocycles. The first kappa shape index (κ1) is 24.5. The number of rotatable bonds is 11. The molecule has 0 spiro atoms. The van der Waals surface area contributed by atoms with Gasteiger partial charge < -0.3 is 19.4 Å². The average molecular weight is 515 g/mol. The lowest BCUT2D eigenvalue weighted by Crippen LogP contribution is -2.16. The Labute approximate surface area is 197 Å². The predicted octanol–water partition coefficient (Wildman–Crippen LogP) is 5.88. The van der Waals surface area contributed by atoms with Gasteiger partial charge >= 0.3 is 0 Å². The number of nitrogens with one attached hydrogen (secondary N) is 1. The van der Waals surface area contributed by atoms with Crippen LogP contribution in [0.3, 0.4) is 0 Å². The van der Waals surface area contributed by atoms with Crippen LogP contribution in [0.25, 0.3) is 0 Å². The molecule has 1 N–H and O–H groups in total. The number of nitrogens with zero attached hydrogens (tertiary/aromatic N) is 2. The van der Waals surface area contributed by atoms with E-state index in [0.29, 0.717) is 24.0 Å². The molecule has 0 saturated carbocycles. The summed E-state index contributed by atoms with van der Waals surface area (Å²) >= 11 is 9.58. The standard InChI is InChI=1S/C22H25BrClN3O2.ClH/c1-2-28-21-13-18(14-25-8-3-10-27-11-9-26-16-27)12-20(23)22(21)29-15-17-4-6-19(24)7-5-17;/h4-7,9,11-13,16,25H,2-3,8,10,14-15H2,1H3;1H. The Kier molecular flexibility index (Phi) is 10.5. The summed E-state index contributed by atoms with van der Waals surface area (Å²) in [6.45, 7) is 5.64. The number of aryl methyl sites for hydroxylation is 1. The van der Waals surface area contributed by atoms with Crippen molar-refractivity contribution in [2.45, 2.75) is 33.0 Å². The van der Waals surface area contributed by atoms with Crippen molar-refractivity contribution in [2.24, 2.45) is 0 Å². The van der Waals surface area contributed by atoms with Crippen LogP contribution in [0.2, 0.25) is 5.02 Å². The second kappa shape index (κ2) is 12.8. The second-order valence-corrected chi connectivity index (χ2v) is 7.87. The molecular formula is C22H26BrCl2N3O2. The van der Waals surface area contributed by atoms with Gasteiger partial charge in [0.1, 0.15) is 6.61 Å². The SMILES string of the molecule is CCOc1cc(CNCCCn2ccnc2)cc(Br)c1OCc1ccc(Cl)cc1.Cl. The molecule has 0 atom stereocenters. The van der Waals surface area contributed by atoms with Gasteiger partial charge in [-0.25, -0.2) is 4.98 Å². The molecule has 0 amide bonds. The molecule has 0 bridgehead atoms. The van der Waals surface area contributed by atoms with Crippen molar-refractivity contribution in [3.8, 4) is 11.5 Å². The molecule has 0 fully saturated rings. The molecule has 8 heteroatoms. The van der Waals surface area contributed by atoms with Gasteiger partial charge in [-0.05, 0) is 71.2 Å². The Morgan fingerprint density at radius 3 is 2.63 bits per heavy atom. The summed E-state index contributed by atoms with van der Waals surface area (Å²) in [7, 11) is 0. The third-order valence-corrected chi connectivity index (χ3v) is 5.16. The normalized spacial score (nSPS) is 10.5. The molecule has 2 aromatic carbocycles. The molecule has 0 unspecified atom stereocenters. The highest BCUT2D eigenvalue weighted by Crippen LogP contribution is 2.37. The summed E-state index contributed by atoms with van der Waals surface area (Å²) in [6.07, 6.45) is 6.66. The van der Waals surface area contributed by atoms with Gasteiger partial charge in [0, 0.05) is 30.5 Å². The van der Waals surface area contributed by atoms with E-state index in [4.69, 9.17) is 21.1 Å². The molecule has 3 aromatic rings. The molecule has 0 radical (unpaired) electrons. The lowest BCUT2D eigenvalue weighted by Gasteiger charge is -2.16. The van der Waals surface area contributed by atoms with Gasteiger partial charge in [0.05, 0.1) is 17.4 Å². The smallest absolute Gasteiger partial charge is 0.175 e. The third kappa shape index (κ3) is 7.51. The molecule has 1 heterocycles. The number of aromatic nitrogens is 2. The highest BCUT2D eigenvalue weighted by Gasteiger charge is 2.13. The van der Waals surface area contributed by atoms with Crippen LogP contribution in [0.15, 0.2) is 59.6 Å². The molecule has 30 heavy (non-hydrogen) atoms. The van der Waals surface area contributed by atoms with Gasteiger partial charge in [-0.2, -0.15) is 0 Å². The zero-order valence-corrected chi connectivity index (χ0v) is 20.0. The van der Waals surface area contributed by atoms with Crippen LogP contribution in [0.5, 0.6) is 11.5 Å². The number of hydrogen-bond acceptors (Lipinski definition) is 4. The van der Waals surface area contributed by atoms with Gasteiger partial charge in [-0.1, -0.05) is 23.7 Å². The van der Waals surface area contributed by atoms with Crippen molar-refractivity contribution in [3.63, 3.8) is 0 Å². The predicted molar refractivity (Wildman–Crippen MR) is 127 cm³/mol. The molecule has 0 aliphatic rings. The van der Waals surface area contributed by atoms with E-state index in [0.717, 1.165) is 47.4 Å². The van der Waals surface area contributed by atoms with Gasteiger partial charge in [0.15, 0.2) is 11.5 Å². The van der Waals surface area contributed by atoms with E-state index in [-0.39, 0.29) is 12.4 Å². The van der Waals surface area contributed by atoms with Crippen molar-refractivity contribution in [1.29, 1.82) is 0 Å². The maximum Gasteiger partial charge on any atom is 0.175 e. The molecule has 162 valence electrons. The molecule has 0 aliphatic heterocycles. The van der Waals surface area contributed by atoms with E-state index < -0.39 is 0 Å². The Balaban J connectivity index is 0.00000320. The topological polar surface area (TPSA) is 48.3 Å². The van der Waals surface area contributed by atoms with Crippen LogP contribution in [0.1, 0.15) is 24.5 Å². The fourth-order valence-corrected chi connectivity index (χ4v) is 3.63. The van der Waals surface area contributed by atoms with Crippen molar-refractivity contribution in [2.75, 3.05) is 13.2 Å². The summed E-state index contributed by atoms with van der Waals surface area (Å²) < 4.78 is 14.8. The van der Waals surface area contributed by atoms with Crippen LogP contribution >= 0.6 is 39.9 Å². The maximum atomic E-state index is 6.04. The van der Waals surface area contributed by atoms with E-state index in [9.17, 15) is 0 Å². The Hall–Kier alpha value is -1.73. The summed E-state index contributed by atoms with van der Waals surface area (Å²) in [6, 6.07) is 11.7. The fraction of sp³-hybridized carbons (Fsp3) is 0.318. The quantitative estimate of drug-likeness (QED) is 0.324. The summed E-state index contributed by atoms with van der Waals surface area (Å²) in [5.74, 6) is 1.46. The first-order chi connectivity index (χ1) is 14.2. The number of imidazole rings is 1. The van der Waals surface area contributed by atoms with Crippen molar-refractivity contribution >= 4 is 39.9 Å². The molecule has 0 aliphatic carbocycles. The fourth-order valence-electron chi connectivity index (χ4n) is 2.90. The zero-order chi connectivity index (χ0) is 20.5. The minimum atomic E-state index is 0. The largest absolute Gasteiger partial charge is 0.490 e. The number of ether oxygens (including phenoxy) is 2. The van der Waals surface area contributed by atoms with Gasteiger partial charge in [-0.15, -0.1) is 12.4 Å². The van der Waals surface area contributed by atoms with Crippen LogP contribution in [0, 0.1) is 0 Å². The van der Waals surface area contributed by atoms with Crippen molar-refractivity contribution in [3.05, 3.63) is 75.7 Å². The monoisotopic (exact) mass is 513 g/mol. The van der Waals surface area contributed by atoms with Gasteiger partial charge in [0.25, 0.3) is 0 Å². The Morgan fingerprint density at radius 2 is 1.93 bits per heavy atom. The summed E-state index contributed by atoms with van der Waals surface area (Å²) in [5, 5.41) is 4.19. The minimum Gasteiger partial charge on any atom is -0.490 e. The van der Waals surface area contributed by atoms with Gasteiger partial charge in [-0.3, -0.25) is 0 Å². The first-order valence-corrected chi connectivity index (χ1v) is 10.8. The highest BCUT2D eigenvalue weighted by molar-refractivity contribution is 9.10. The molecule has 0 saturated heterocycles. The molecule has 3 rings (SSSR count). The molecule has 5 nitrogen and oxygen atoms in total.